The van der Waals surface area contributed by atoms with Crippen LogP contribution in [-0.4, -0.2) is 0 Å². The minimum Gasteiger partial charge on any atom is -0.192 e. The van der Waals surface area contributed by atoms with Crippen LogP contribution in [0, 0.1) is 11.3 Å². The van der Waals surface area contributed by atoms with Gasteiger partial charge < -0.3 is 0 Å². The fraction of sp³-hybridized carbons (Fsp3) is 0.375. The molecule has 1 nitrogen and oxygen atoms in total. The summed E-state index contributed by atoms with van der Waals surface area (Å²) in [6.45, 7) is 2.11. The number of hydrogen-bond donors (Lipinski definition) is 0. The molecule has 0 unspecified atom stereocenters. The molecule has 0 N–H and O–H groups in total. The van der Waals surface area contributed by atoms with Crippen LogP contribution in [-0.2, 0) is 0 Å². The van der Waals surface area contributed by atoms with Crippen molar-refractivity contribution < 1.29 is 0 Å². The van der Waals surface area contributed by atoms with Gasteiger partial charge in [-0.15, -0.1) is 0 Å². The fourth-order valence-corrected chi connectivity index (χ4v) is 1.64. The Morgan fingerprint density at radius 1 is 1.70 bits per heavy atom. The SMILES string of the molecule is CCC1=CCC=C(C#N)S1. The van der Waals surface area contributed by atoms with Gasteiger partial charge in [-0.3, -0.25) is 0 Å². The van der Waals surface area contributed by atoms with Crippen molar-refractivity contribution in [3.63, 3.8) is 0 Å². The van der Waals surface area contributed by atoms with Crippen molar-refractivity contribution in [3.8, 4) is 6.07 Å². The fourth-order valence-electron chi connectivity index (χ4n) is 0.807. The van der Waals surface area contributed by atoms with Gasteiger partial charge in [0.15, 0.2) is 0 Å². The molecule has 0 spiro atoms. The van der Waals surface area contributed by atoms with Crippen molar-refractivity contribution in [1.82, 2.24) is 0 Å². The van der Waals surface area contributed by atoms with E-state index in [0.29, 0.717) is 0 Å². The van der Waals surface area contributed by atoms with Crippen LogP contribution in [0.2, 0.25) is 0 Å². The first-order valence-corrected chi connectivity index (χ1v) is 4.15. The summed E-state index contributed by atoms with van der Waals surface area (Å²) in [6, 6.07) is 2.15. The Morgan fingerprint density at radius 3 is 3.10 bits per heavy atom. The molecule has 0 aromatic heterocycles. The van der Waals surface area contributed by atoms with E-state index in [0.717, 1.165) is 17.7 Å². The molecule has 0 amide bonds. The van der Waals surface area contributed by atoms with Crippen LogP contribution in [0.5, 0.6) is 0 Å². The number of rotatable bonds is 1. The maximum atomic E-state index is 8.54. The van der Waals surface area contributed by atoms with E-state index in [2.05, 4.69) is 19.1 Å². The van der Waals surface area contributed by atoms with E-state index in [1.807, 2.05) is 6.08 Å². The third kappa shape index (κ3) is 1.65. The Kier molecular flexibility index (Phi) is 2.58. The summed E-state index contributed by atoms with van der Waals surface area (Å²) in [6.07, 6.45) is 6.11. The molecule has 0 fully saturated rings. The van der Waals surface area contributed by atoms with Crippen LogP contribution >= 0.6 is 11.8 Å². The average molecular weight is 151 g/mol. The largest absolute Gasteiger partial charge is 0.192 e. The molecule has 1 heterocycles. The highest BCUT2D eigenvalue weighted by atomic mass is 32.2. The third-order valence-corrected chi connectivity index (χ3v) is 2.54. The quantitative estimate of drug-likeness (QED) is 0.575. The van der Waals surface area contributed by atoms with Crippen LogP contribution in [0.15, 0.2) is 22.0 Å². The highest BCUT2D eigenvalue weighted by Crippen LogP contribution is 2.31. The third-order valence-electron chi connectivity index (χ3n) is 1.35. The van der Waals surface area contributed by atoms with Gasteiger partial charge in [0.05, 0.1) is 4.91 Å². The number of thioether (sulfide) groups is 1. The summed E-state index contributed by atoms with van der Waals surface area (Å²) < 4.78 is 0. The lowest BCUT2D eigenvalue weighted by molar-refractivity contribution is 1.17. The van der Waals surface area contributed by atoms with Crippen molar-refractivity contribution in [2.75, 3.05) is 0 Å². The van der Waals surface area contributed by atoms with Gasteiger partial charge in [-0.05, 0) is 17.7 Å². The van der Waals surface area contributed by atoms with Crippen LogP contribution in [0.1, 0.15) is 19.8 Å². The van der Waals surface area contributed by atoms with E-state index >= 15 is 0 Å². The molecular weight excluding hydrogens is 142 g/mol. The molecular formula is C8H9NS. The first-order valence-electron chi connectivity index (χ1n) is 3.34. The molecule has 0 radical (unpaired) electrons. The van der Waals surface area contributed by atoms with Gasteiger partial charge in [0.1, 0.15) is 6.07 Å². The topological polar surface area (TPSA) is 23.8 Å². The molecule has 0 aromatic rings. The highest BCUT2D eigenvalue weighted by Gasteiger charge is 2.04. The van der Waals surface area contributed by atoms with Gasteiger partial charge in [-0.25, -0.2) is 0 Å². The Balaban J connectivity index is 2.59. The second-order valence-electron chi connectivity index (χ2n) is 2.04. The van der Waals surface area contributed by atoms with Crippen molar-refractivity contribution >= 4 is 11.8 Å². The van der Waals surface area contributed by atoms with Gasteiger partial charge in [-0.1, -0.05) is 30.8 Å². The average Bonchev–Trinajstić information content (AvgIpc) is 2.05. The molecule has 0 atom stereocenters. The van der Waals surface area contributed by atoms with E-state index in [1.54, 1.807) is 11.8 Å². The molecule has 0 saturated carbocycles. The van der Waals surface area contributed by atoms with Gasteiger partial charge in [0.2, 0.25) is 0 Å². The standard InChI is InChI=1S/C8H9NS/c1-2-7-4-3-5-8(6-9)10-7/h4-5H,2-3H2,1H3. The number of hydrogen-bond acceptors (Lipinski definition) is 2. The molecule has 1 aliphatic heterocycles. The van der Waals surface area contributed by atoms with Crippen molar-refractivity contribution in [2.24, 2.45) is 0 Å². The summed E-state index contributed by atoms with van der Waals surface area (Å²) in [5, 5.41) is 8.54. The van der Waals surface area contributed by atoms with Gasteiger partial charge in [-0.2, -0.15) is 5.26 Å². The summed E-state index contributed by atoms with van der Waals surface area (Å²) in [7, 11) is 0. The summed E-state index contributed by atoms with van der Waals surface area (Å²) in [5.74, 6) is 0. The molecule has 52 valence electrons. The minimum absolute atomic E-state index is 0.847. The maximum Gasteiger partial charge on any atom is 0.106 e. The normalized spacial score (nSPS) is 17.2. The zero-order valence-electron chi connectivity index (χ0n) is 5.92. The summed E-state index contributed by atoms with van der Waals surface area (Å²) in [5.41, 5.74) is 0. The first-order chi connectivity index (χ1) is 4.86. The van der Waals surface area contributed by atoms with Crippen LogP contribution in [0.25, 0.3) is 0 Å². The number of nitrogens with zero attached hydrogens (tertiary/aromatic N) is 1. The van der Waals surface area contributed by atoms with Gasteiger partial charge in [0, 0.05) is 0 Å². The monoisotopic (exact) mass is 151 g/mol. The zero-order valence-corrected chi connectivity index (χ0v) is 6.74. The van der Waals surface area contributed by atoms with E-state index in [4.69, 9.17) is 5.26 Å². The molecule has 0 bridgehead atoms. The molecule has 1 aliphatic rings. The lowest BCUT2D eigenvalue weighted by Crippen LogP contribution is -1.82. The van der Waals surface area contributed by atoms with E-state index < -0.39 is 0 Å². The second kappa shape index (κ2) is 3.48. The lowest BCUT2D eigenvalue weighted by atomic mass is 10.3. The Bertz CT molecular complexity index is 220. The first kappa shape index (κ1) is 7.43. The molecule has 10 heavy (non-hydrogen) atoms. The molecule has 2 heteroatoms. The van der Waals surface area contributed by atoms with Gasteiger partial charge in [0.25, 0.3) is 0 Å². The number of allylic oxidation sites excluding steroid dienone is 4. The minimum atomic E-state index is 0.847. The van der Waals surface area contributed by atoms with Gasteiger partial charge >= 0.3 is 0 Å². The Labute approximate surface area is 65.4 Å². The van der Waals surface area contributed by atoms with E-state index in [-0.39, 0.29) is 0 Å². The van der Waals surface area contributed by atoms with Crippen LogP contribution in [0.3, 0.4) is 0 Å². The Morgan fingerprint density at radius 2 is 2.50 bits per heavy atom. The zero-order chi connectivity index (χ0) is 7.40. The summed E-state index contributed by atoms with van der Waals surface area (Å²) >= 11 is 1.59. The Hall–Kier alpha value is -0.680. The van der Waals surface area contributed by atoms with Crippen LogP contribution in [0.4, 0.5) is 0 Å². The van der Waals surface area contributed by atoms with E-state index in [9.17, 15) is 0 Å². The lowest BCUT2D eigenvalue weighted by Gasteiger charge is -2.06. The molecule has 0 aromatic carbocycles. The molecule has 1 rings (SSSR count). The molecule has 0 aliphatic carbocycles. The highest BCUT2D eigenvalue weighted by molar-refractivity contribution is 8.07. The number of nitriles is 1. The van der Waals surface area contributed by atoms with Crippen LogP contribution < -0.4 is 0 Å². The van der Waals surface area contributed by atoms with Crippen molar-refractivity contribution in [2.45, 2.75) is 19.8 Å². The smallest absolute Gasteiger partial charge is 0.106 e. The molecule has 0 saturated heterocycles. The van der Waals surface area contributed by atoms with E-state index in [1.165, 1.54) is 4.91 Å². The second-order valence-corrected chi connectivity index (χ2v) is 3.21. The maximum absolute atomic E-state index is 8.54. The van der Waals surface area contributed by atoms with Crippen molar-refractivity contribution in [1.29, 1.82) is 5.26 Å². The predicted molar refractivity (Wildman–Crippen MR) is 44.3 cm³/mol. The summed E-state index contributed by atoms with van der Waals surface area (Å²) in [4.78, 5) is 2.17. The predicted octanol–water partition coefficient (Wildman–Crippen LogP) is 2.82. The van der Waals surface area contributed by atoms with Crippen molar-refractivity contribution in [3.05, 3.63) is 22.0 Å².